The van der Waals surface area contributed by atoms with Crippen molar-refractivity contribution in [1.29, 1.82) is 0 Å². The molecule has 4 heteroatoms. The third kappa shape index (κ3) is 2.56. The minimum Gasteiger partial charge on any atom is -0.365 e. The summed E-state index contributed by atoms with van der Waals surface area (Å²) < 4.78 is 7.40. The zero-order valence-corrected chi connectivity index (χ0v) is 9.73. The fourth-order valence-corrected chi connectivity index (χ4v) is 1.66. The van der Waals surface area contributed by atoms with Gasteiger partial charge in [-0.05, 0) is 26.7 Å². The van der Waals surface area contributed by atoms with Crippen molar-refractivity contribution in [2.75, 3.05) is 0 Å². The molecule has 1 unspecified atom stereocenters. The average Bonchev–Trinajstić information content (AvgIpc) is 2.63. The molecule has 0 radical (unpaired) electrons. The minimum absolute atomic E-state index is 0.0372. The van der Waals surface area contributed by atoms with Crippen molar-refractivity contribution >= 4 is 0 Å². The van der Waals surface area contributed by atoms with Gasteiger partial charge in [-0.2, -0.15) is 0 Å². The van der Waals surface area contributed by atoms with Crippen LogP contribution in [0.3, 0.4) is 0 Å². The van der Waals surface area contributed by atoms with E-state index in [0.717, 1.165) is 18.7 Å². The van der Waals surface area contributed by atoms with E-state index in [1.165, 1.54) is 12.8 Å². The van der Waals surface area contributed by atoms with Crippen LogP contribution in [0.4, 0.5) is 0 Å². The largest absolute Gasteiger partial charge is 0.365 e. The molecular formula is C11H19N3O. The first-order valence-corrected chi connectivity index (χ1v) is 5.68. The summed E-state index contributed by atoms with van der Waals surface area (Å²) >= 11 is 0. The van der Waals surface area contributed by atoms with Crippen molar-refractivity contribution in [3.63, 3.8) is 0 Å². The van der Waals surface area contributed by atoms with Crippen molar-refractivity contribution in [3.05, 3.63) is 11.9 Å². The van der Waals surface area contributed by atoms with Crippen LogP contribution in [0.15, 0.2) is 6.20 Å². The van der Waals surface area contributed by atoms with Crippen LogP contribution in [0.1, 0.15) is 39.3 Å². The van der Waals surface area contributed by atoms with E-state index in [2.05, 4.69) is 31.1 Å². The van der Waals surface area contributed by atoms with Gasteiger partial charge >= 0.3 is 0 Å². The molecule has 1 fully saturated rings. The number of nitrogens with zero attached hydrogens (tertiary/aromatic N) is 3. The predicted molar refractivity (Wildman–Crippen MR) is 57.6 cm³/mol. The van der Waals surface area contributed by atoms with Crippen molar-refractivity contribution in [1.82, 2.24) is 15.0 Å². The van der Waals surface area contributed by atoms with E-state index in [-0.39, 0.29) is 5.60 Å². The van der Waals surface area contributed by atoms with Crippen molar-refractivity contribution in [2.24, 2.45) is 0 Å². The number of hydrogen-bond acceptors (Lipinski definition) is 3. The summed E-state index contributed by atoms with van der Waals surface area (Å²) in [6, 6.07) is 0. The molecule has 84 valence electrons. The van der Waals surface area contributed by atoms with Gasteiger partial charge in [0.25, 0.3) is 0 Å². The number of epoxide rings is 1. The molecule has 0 aliphatic carbocycles. The van der Waals surface area contributed by atoms with Crippen LogP contribution in [-0.4, -0.2) is 26.7 Å². The molecule has 0 bridgehead atoms. The fourth-order valence-electron chi connectivity index (χ4n) is 1.66. The normalized spacial score (nSPS) is 23.0. The van der Waals surface area contributed by atoms with Gasteiger partial charge in [0.05, 0.1) is 17.8 Å². The standard InChI is InChI=1S/C11H19N3O/c1-4-5-6-9-7-14(13-12-9)8-10-11(2,3)15-10/h7,10H,4-6,8H2,1-3H3. The summed E-state index contributed by atoms with van der Waals surface area (Å²) in [6.07, 6.45) is 5.76. The summed E-state index contributed by atoms with van der Waals surface area (Å²) in [7, 11) is 0. The van der Waals surface area contributed by atoms with E-state index in [9.17, 15) is 0 Å². The first kappa shape index (κ1) is 10.6. The van der Waals surface area contributed by atoms with Crippen LogP contribution >= 0.6 is 0 Å². The Morgan fingerprint density at radius 1 is 1.53 bits per heavy atom. The van der Waals surface area contributed by atoms with Gasteiger partial charge in [0.2, 0.25) is 0 Å². The van der Waals surface area contributed by atoms with Crippen molar-refractivity contribution in [2.45, 2.75) is 58.3 Å². The Kier molecular flexibility index (Phi) is 2.78. The molecule has 1 aromatic heterocycles. The Bertz CT molecular complexity index is 332. The second-order valence-corrected chi connectivity index (χ2v) is 4.75. The highest BCUT2D eigenvalue weighted by Crippen LogP contribution is 2.36. The number of aryl methyl sites for hydroxylation is 1. The fraction of sp³-hybridized carbons (Fsp3) is 0.818. The molecular weight excluding hydrogens is 190 g/mol. The van der Waals surface area contributed by atoms with E-state index >= 15 is 0 Å². The van der Waals surface area contributed by atoms with Gasteiger partial charge in [0.1, 0.15) is 6.10 Å². The molecule has 0 amide bonds. The van der Waals surface area contributed by atoms with Gasteiger partial charge in [-0.3, -0.25) is 0 Å². The van der Waals surface area contributed by atoms with Gasteiger partial charge in [0, 0.05) is 6.20 Å². The van der Waals surface area contributed by atoms with Crippen LogP contribution in [-0.2, 0) is 17.7 Å². The molecule has 15 heavy (non-hydrogen) atoms. The van der Waals surface area contributed by atoms with Gasteiger partial charge in [-0.15, -0.1) is 5.10 Å². The lowest BCUT2D eigenvalue weighted by molar-refractivity contribution is 0.312. The van der Waals surface area contributed by atoms with E-state index < -0.39 is 0 Å². The lowest BCUT2D eigenvalue weighted by Gasteiger charge is -1.96. The summed E-state index contributed by atoms with van der Waals surface area (Å²) in [5.74, 6) is 0. The molecule has 0 saturated carbocycles. The maximum atomic E-state index is 5.51. The molecule has 0 aromatic carbocycles. The predicted octanol–water partition coefficient (Wildman–Crippen LogP) is 1.80. The number of rotatable bonds is 5. The summed E-state index contributed by atoms with van der Waals surface area (Å²) in [5, 5.41) is 8.24. The highest BCUT2D eigenvalue weighted by atomic mass is 16.6. The first-order chi connectivity index (χ1) is 7.12. The van der Waals surface area contributed by atoms with E-state index in [0.29, 0.717) is 6.10 Å². The lowest BCUT2D eigenvalue weighted by Crippen LogP contribution is -2.11. The number of ether oxygens (including phenoxy) is 1. The molecule has 1 aliphatic rings. The molecule has 1 aliphatic heterocycles. The summed E-state index contributed by atoms with van der Waals surface area (Å²) in [6.45, 7) is 7.22. The Balaban J connectivity index is 1.85. The molecule has 1 saturated heterocycles. The zero-order valence-electron chi connectivity index (χ0n) is 9.73. The Morgan fingerprint density at radius 2 is 2.27 bits per heavy atom. The van der Waals surface area contributed by atoms with Crippen LogP contribution < -0.4 is 0 Å². The zero-order chi connectivity index (χ0) is 10.9. The highest BCUT2D eigenvalue weighted by molar-refractivity contribution is 4.97. The highest BCUT2D eigenvalue weighted by Gasteiger charge is 2.47. The average molecular weight is 209 g/mol. The van der Waals surface area contributed by atoms with E-state index in [4.69, 9.17) is 4.74 Å². The third-order valence-electron chi connectivity index (χ3n) is 2.89. The molecule has 2 rings (SSSR count). The van der Waals surface area contributed by atoms with Crippen LogP contribution in [0.2, 0.25) is 0 Å². The van der Waals surface area contributed by atoms with Crippen LogP contribution in [0.5, 0.6) is 0 Å². The van der Waals surface area contributed by atoms with Crippen LogP contribution in [0, 0.1) is 0 Å². The molecule has 4 nitrogen and oxygen atoms in total. The summed E-state index contributed by atoms with van der Waals surface area (Å²) in [4.78, 5) is 0. The SMILES string of the molecule is CCCCc1cn(CC2OC2(C)C)nn1. The number of unbranched alkanes of at least 4 members (excludes halogenated alkanes) is 1. The smallest absolute Gasteiger partial charge is 0.106 e. The quantitative estimate of drug-likeness (QED) is 0.694. The van der Waals surface area contributed by atoms with Gasteiger partial charge < -0.3 is 4.74 Å². The molecule has 1 aromatic rings. The number of aromatic nitrogens is 3. The topological polar surface area (TPSA) is 43.2 Å². The van der Waals surface area contributed by atoms with Gasteiger partial charge in [-0.1, -0.05) is 18.6 Å². The van der Waals surface area contributed by atoms with E-state index in [1.54, 1.807) is 0 Å². The van der Waals surface area contributed by atoms with Crippen LogP contribution in [0.25, 0.3) is 0 Å². The lowest BCUT2D eigenvalue weighted by atomic mass is 10.1. The third-order valence-corrected chi connectivity index (χ3v) is 2.89. The maximum absolute atomic E-state index is 5.51. The van der Waals surface area contributed by atoms with Crippen molar-refractivity contribution in [3.8, 4) is 0 Å². The minimum atomic E-state index is 0.0372. The Morgan fingerprint density at radius 3 is 2.87 bits per heavy atom. The molecule has 2 heterocycles. The maximum Gasteiger partial charge on any atom is 0.106 e. The second kappa shape index (κ2) is 3.93. The van der Waals surface area contributed by atoms with Gasteiger partial charge in [0.15, 0.2) is 0 Å². The van der Waals surface area contributed by atoms with Crippen molar-refractivity contribution < 1.29 is 4.74 Å². The number of hydrogen-bond donors (Lipinski definition) is 0. The Labute approximate surface area is 90.6 Å². The summed E-state index contributed by atoms with van der Waals surface area (Å²) in [5.41, 5.74) is 1.13. The Hall–Kier alpha value is -0.900. The molecule has 0 spiro atoms. The van der Waals surface area contributed by atoms with Gasteiger partial charge in [-0.25, -0.2) is 4.68 Å². The first-order valence-electron chi connectivity index (χ1n) is 5.68. The monoisotopic (exact) mass is 209 g/mol. The molecule has 1 atom stereocenters. The molecule has 0 N–H and O–H groups in total. The van der Waals surface area contributed by atoms with E-state index in [1.807, 2.05) is 10.9 Å². The second-order valence-electron chi connectivity index (χ2n) is 4.75.